The van der Waals surface area contributed by atoms with E-state index in [1.165, 1.54) is 0 Å². The van der Waals surface area contributed by atoms with Gasteiger partial charge in [-0.05, 0) is 37.5 Å². The summed E-state index contributed by atoms with van der Waals surface area (Å²) in [6.45, 7) is 3.59. The number of aryl methyl sites for hydroxylation is 1. The maximum Gasteiger partial charge on any atom is 0.287 e. The molecular formula is C21H27N2O3+. The lowest BCUT2D eigenvalue weighted by Gasteiger charge is -2.19. The highest BCUT2D eigenvalue weighted by Gasteiger charge is 2.27. The Kier molecular flexibility index (Phi) is 6.26. The molecule has 3 rings (SSSR count). The van der Waals surface area contributed by atoms with Crippen LogP contribution in [-0.4, -0.2) is 32.3 Å². The first-order chi connectivity index (χ1) is 12.7. The Morgan fingerprint density at radius 1 is 1.31 bits per heavy atom. The van der Waals surface area contributed by atoms with E-state index in [1.807, 2.05) is 55.5 Å². The van der Waals surface area contributed by atoms with Crippen molar-refractivity contribution in [2.75, 3.05) is 25.6 Å². The molecule has 1 aliphatic heterocycles. The lowest BCUT2D eigenvalue weighted by Crippen LogP contribution is -2.89. The number of quaternary nitrogens is 1. The maximum atomic E-state index is 13.1. The van der Waals surface area contributed by atoms with Gasteiger partial charge < -0.3 is 20.1 Å². The number of amides is 1. The summed E-state index contributed by atoms with van der Waals surface area (Å²) in [4.78, 5) is 13.1. The van der Waals surface area contributed by atoms with Crippen LogP contribution in [0.3, 0.4) is 0 Å². The molecule has 1 heterocycles. The third-order valence-corrected chi connectivity index (χ3v) is 4.71. The van der Waals surface area contributed by atoms with Crippen LogP contribution in [-0.2, 0) is 9.53 Å². The van der Waals surface area contributed by atoms with E-state index in [-0.39, 0.29) is 18.1 Å². The second kappa shape index (κ2) is 8.83. The molecule has 5 nitrogen and oxygen atoms in total. The Labute approximate surface area is 154 Å². The third kappa shape index (κ3) is 4.62. The van der Waals surface area contributed by atoms with E-state index in [1.54, 1.807) is 7.11 Å². The summed E-state index contributed by atoms with van der Waals surface area (Å²) >= 11 is 0. The molecule has 138 valence electrons. The van der Waals surface area contributed by atoms with E-state index in [9.17, 15) is 4.79 Å². The van der Waals surface area contributed by atoms with Crippen molar-refractivity contribution in [1.29, 1.82) is 0 Å². The lowest BCUT2D eigenvalue weighted by molar-refractivity contribution is -0.687. The minimum atomic E-state index is -0.328. The minimum Gasteiger partial charge on any atom is -0.495 e. The molecule has 2 aromatic rings. The second-order valence-electron chi connectivity index (χ2n) is 6.69. The van der Waals surface area contributed by atoms with Crippen molar-refractivity contribution in [2.45, 2.75) is 31.9 Å². The topological polar surface area (TPSA) is 64.2 Å². The molecule has 5 heteroatoms. The lowest BCUT2D eigenvalue weighted by atomic mass is 10.1. The summed E-state index contributed by atoms with van der Waals surface area (Å²) in [6.07, 6.45) is 2.38. The van der Waals surface area contributed by atoms with E-state index in [0.29, 0.717) is 11.4 Å². The van der Waals surface area contributed by atoms with Crippen LogP contribution < -0.4 is 15.4 Å². The van der Waals surface area contributed by atoms with E-state index >= 15 is 0 Å². The third-order valence-electron chi connectivity index (χ3n) is 4.71. The molecule has 0 aliphatic carbocycles. The molecule has 0 saturated carbocycles. The fourth-order valence-corrected chi connectivity index (χ4v) is 3.30. The quantitative estimate of drug-likeness (QED) is 0.802. The van der Waals surface area contributed by atoms with Crippen molar-refractivity contribution in [3.05, 3.63) is 59.7 Å². The minimum absolute atomic E-state index is 0.0573. The van der Waals surface area contributed by atoms with Crippen molar-refractivity contribution in [1.82, 2.24) is 0 Å². The van der Waals surface area contributed by atoms with Gasteiger partial charge in [-0.1, -0.05) is 36.4 Å². The zero-order chi connectivity index (χ0) is 18.4. The van der Waals surface area contributed by atoms with Crippen molar-refractivity contribution in [3.8, 4) is 5.75 Å². The van der Waals surface area contributed by atoms with Gasteiger partial charge in [0.2, 0.25) is 0 Å². The Morgan fingerprint density at radius 3 is 2.81 bits per heavy atom. The molecule has 1 fully saturated rings. The molecule has 0 spiro atoms. The van der Waals surface area contributed by atoms with Crippen LogP contribution in [0.4, 0.5) is 5.69 Å². The molecule has 2 atom stereocenters. The predicted molar refractivity (Wildman–Crippen MR) is 101 cm³/mol. The van der Waals surface area contributed by atoms with E-state index in [4.69, 9.17) is 9.47 Å². The summed E-state index contributed by atoms with van der Waals surface area (Å²) in [5.74, 6) is 0.605. The van der Waals surface area contributed by atoms with Gasteiger partial charge >= 0.3 is 0 Å². The molecule has 0 unspecified atom stereocenters. The summed E-state index contributed by atoms with van der Waals surface area (Å²) in [6, 6.07) is 15.3. The molecule has 0 aromatic heterocycles. The predicted octanol–water partition coefficient (Wildman–Crippen LogP) is 2.43. The van der Waals surface area contributed by atoms with Crippen molar-refractivity contribution < 1.29 is 19.6 Å². The van der Waals surface area contributed by atoms with Gasteiger partial charge in [0.25, 0.3) is 5.91 Å². The standard InChI is InChI=1S/C21H26N2O3/c1-15-10-11-19(25-2)18(13-15)23-21(24)20(16-7-4-3-5-8-16)22-14-17-9-6-12-26-17/h3-5,7-8,10-11,13,17,20,22H,6,9,12,14H2,1-2H3,(H,23,24)/p+1/t17-,20-/m1/s1. The smallest absolute Gasteiger partial charge is 0.287 e. The first kappa shape index (κ1) is 18.4. The number of carbonyl (C=O) groups is 1. The number of nitrogens with one attached hydrogen (secondary N) is 1. The molecule has 26 heavy (non-hydrogen) atoms. The number of nitrogens with two attached hydrogens (primary N) is 1. The van der Waals surface area contributed by atoms with Crippen molar-refractivity contribution >= 4 is 11.6 Å². The van der Waals surface area contributed by atoms with Gasteiger partial charge in [-0.15, -0.1) is 0 Å². The average Bonchev–Trinajstić information content (AvgIpc) is 3.16. The van der Waals surface area contributed by atoms with Gasteiger partial charge in [0.15, 0.2) is 6.04 Å². The molecule has 1 saturated heterocycles. The summed E-state index contributed by atoms with van der Waals surface area (Å²) in [5, 5.41) is 5.11. The summed E-state index contributed by atoms with van der Waals surface area (Å²) in [7, 11) is 1.61. The Hall–Kier alpha value is -2.37. The highest BCUT2D eigenvalue weighted by atomic mass is 16.5. The fourth-order valence-electron chi connectivity index (χ4n) is 3.30. The van der Waals surface area contributed by atoms with Crippen LogP contribution in [0.25, 0.3) is 0 Å². The summed E-state index contributed by atoms with van der Waals surface area (Å²) in [5.41, 5.74) is 2.75. The largest absolute Gasteiger partial charge is 0.495 e. The number of methoxy groups -OCH3 is 1. The van der Waals surface area contributed by atoms with Crippen LogP contribution in [0.15, 0.2) is 48.5 Å². The van der Waals surface area contributed by atoms with Crippen LogP contribution in [0, 0.1) is 6.92 Å². The van der Waals surface area contributed by atoms with Gasteiger partial charge in [0.1, 0.15) is 18.4 Å². The molecule has 1 amide bonds. The van der Waals surface area contributed by atoms with Gasteiger partial charge in [-0.3, -0.25) is 4.79 Å². The number of benzene rings is 2. The Morgan fingerprint density at radius 2 is 2.12 bits per heavy atom. The van der Waals surface area contributed by atoms with E-state index < -0.39 is 0 Å². The molecule has 3 N–H and O–H groups in total. The van der Waals surface area contributed by atoms with E-state index in [0.717, 1.165) is 37.1 Å². The van der Waals surface area contributed by atoms with Crippen molar-refractivity contribution in [2.24, 2.45) is 0 Å². The number of anilines is 1. The number of hydrogen-bond acceptors (Lipinski definition) is 3. The van der Waals surface area contributed by atoms with E-state index in [2.05, 4.69) is 10.6 Å². The number of rotatable bonds is 7. The first-order valence-corrected chi connectivity index (χ1v) is 9.13. The van der Waals surface area contributed by atoms with Crippen molar-refractivity contribution in [3.63, 3.8) is 0 Å². The number of ether oxygens (including phenoxy) is 2. The number of hydrogen-bond donors (Lipinski definition) is 2. The van der Waals surface area contributed by atoms with Crippen LogP contribution in [0.5, 0.6) is 5.75 Å². The first-order valence-electron chi connectivity index (χ1n) is 9.13. The zero-order valence-electron chi connectivity index (χ0n) is 15.4. The number of carbonyl (C=O) groups excluding carboxylic acids is 1. The fraction of sp³-hybridized carbons (Fsp3) is 0.381. The Bertz CT molecular complexity index is 727. The Balaban J connectivity index is 1.77. The summed E-state index contributed by atoms with van der Waals surface area (Å²) < 4.78 is 11.1. The van der Waals surface area contributed by atoms with Gasteiger partial charge in [-0.25, -0.2) is 0 Å². The molecule has 0 bridgehead atoms. The average molecular weight is 355 g/mol. The van der Waals surface area contributed by atoms with Crippen LogP contribution >= 0.6 is 0 Å². The zero-order valence-corrected chi connectivity index (χ0v) is 15.4. The van der Waals surface area contributed by atoms with Crippen LogP contribution in [0.2, 0.25) is 0 Å². The van der Waals surface area contributed by atoms with Crippen LogP contribution in [0.1, 0.15) is 30.0 Å². The maximum absolute atomic E-state index is 13.1. The van der Waals surface area contributed by atoms with Gasteiger partial charge in [-0.2, -0.15) is 0 Å². The molecule has 0 radical (unpaired) electrons. The molecule has 1 aliphatic rings. The highest BCUT2D eigenvalue weighted by Crippen LogP contribution is 2.26. The normalized spacial score (nSPS) is 17.7. The molecule has 2 aromatic carbocycles. The molecular weight excluding hydrogens is 328 g/mol. The SMILES string of the molecule is COc1ccc(C)cc1NC(=O)[C@H]([NH2+]C[C@H]1CCCO1)c1ccccc1. The van der Waals surface area contributed by atoms with Gasteiger partial charge in [0.05, 0.1) is 12.8 Å². The van der Waals surface area contributed by atoms with Gasteiger partial charge in [0, 0.05) is 12.2 Å². The second-order valence-corrected chi connectivity index (χ2v) is 6.69. The highest BCUT2D eigenvalue weighted by molar-refractivity contribution is 5.95. The monoisotopic (exact) mass is 355 g/mol.